The maximum atomic E-state index is 5.73. The summed E-state index contributed by atoms with van der Waals surface area (Å²) in [6.07, 6.45) is 8.07. The van der Waals surface area contributed by atoms with Crippen molar-refractivity contribution in [2.45, 2.75) is 65.0 Å². The van der Waals surface area contributed by atoms with Crippen molar-refractivity contribution in [3.63, 3.8) is 0 Å². The molecular formula is C18H30N2. The Morgan fingerprint density at radius 1 is 1.15 bits per heavy atom. The van der Waals surface area contributed by atoms with Gasteiger partial charge in [0.2, 0.25) is 0 Å². The molecule has 2 nitrogen and oxygen atoms in total. The molecule has 0 unspecified atom stereocenters. The number of benzene rings is 1. The van der Waals surface area contributed by atoms with Gasteiger partial charge in [0.15, 0.2) is 0 Å². The average Bonchev–Trinajstić information content (AvgIpc) is 2.48. The Hall–Kier alpha value is -0.860. The number of nitrogens with zero attached hydrogens (tertiary/aromatic N) is 1. The Kier molecular flexibility index (Phi) is 6.06. The molecule has 0 amide bonds. The van der Waals surface area contributed by atoms with Crippen LogP contribution in [0.15, 0.2) is 18.2 Å². The maximum absolute atomic E-state index is 5.73. The van der Waals surface area contributed by atoms with E-state index in [-0.39, 0.29) is 0 Å². The second-order valence-corrected chi connectivity index (χ2v) is 6.33. The fourth-order valence-electron chi connectivity index (χ4n) is 3.32. The minimum Gasteiger partial charge on any atom is -0.330 e. The van der Waals surface area contributed by atoms with Gasteiger partial charge in [0, 0.05) is 12.6 Å². The van der Waals surface area contributed by atoms with Crippen LogP contribution >= 0.6 is 0 Å². The van der Waals surface area contributed by atoms with Crippen molar-refractivity contribution in [3.8, 4) is 0 Å². The van der Waals surface area contributed by atoms with Crippen LogP contribution in [0, 0.1) is 13.8 Å². The highest BCUT2D eigenvalue weighted by Crippen LogP contribution is 2.25. The van der Waals surface area contributed by atoms with Crippen molar-refractivity contribution < 1.29 is 0 Å². The Morgan fingerprint density at radius 2 is 1.90 bits per heavy atom. The van der Waals surface area contributed by atoms with E-state index in [9.17, 15) is 0 Å². The van der Waals surface area contributed by atoms with Crippen LogP contribution in [-0.4, -0.2) is 24.0 Å². The molecule has 1 aromatic rings. The Bertz CT molecular complexity index is 408. The van der Waals surface area contributed by atoms with Gasteiger partial charge in [-0.25, -0.2) is 0 Å². The molecule has 2 N–H and O–H groups in total. The molecule has 1 aromatic carbocycles. The van der Waals surface area contributed by atoms with Gasteiger partial charge in [-0.05, 0) is 57.3 Å². The third-order valence-corrected chi connectivity index (χ3v) is 4.62. The topological polar surface area (TPSA) is 29.3 Å². The first-order valence-electron chi connectivity index (χ1n) is 8.21. The van der Waals surface area contributed by atoms with Crippen molar-refractivity contribution in [2.75, 3.05) is 13.1 Å². The summed E-state index contributed by atoms with van der Waals surface area (Å²) in [5, 5.41) is 0. The van der Waals surface area contributed by atoms with Gasteiger partial charge in [0.05, 0.1) is 0 Å². The zero-order valence-corrected chi connectivity index (χ0v) is 13.2. The first-order chi connectivity index (χ1) is 9.70. The average molecular weight is 274 g/mol. The second kappa shape index (κ2) is 7.80. The molecular weight excluding hydrogens is 244 g/mol. The number of rotatable bonds is 6. The lowest BCUT2D eigenvalue weighted by Crippen LogP contribution is -2.37. The summed E-state index contributed by atoms with van der Waals surface area (Å²) < 4.78 is 0. The normalized spacial score (nSPS) is 16.8. The van der Waals surface area contributed by atoms with E-state index in [0.29, 0.717) is 0 Å². The molecule has 20 heavy (non-hydrogen) atoms. The van der Waals surface area contributed by atoms with Crippen LogP contribution in [0.25, 0.3) is 0 Å². The lowest BCUT2D eigenvalue weighted by molar-refractivity contribution is 0.147. The summed E-state index contributed by atoms with van der Waals surface area (Å²) in [4.78, 5) is 2.69. The van der Waals surface area contributed by atoms with Crippen molar-refractivity contribution >= 4 is 0 Å². The first kappa shape index (κ1) is 15.5. The van der Waals surface area contributed by atoms with Crippen molar-refractivity contribution in [1.29, 1.82) is 0 Å². The van der Waals surface area contributed by atoms with Crippen LogP contribution < -0.4 is 5.73 Å². The molecule has 0 radical (unpaired) electrons. The summed E-state index contributed by atoms with van der Waals surface area (Å²) in [6, 6.07) is 7.60. The fraction of sp³-hybridized carbons (Fsp3) is 0.667. The SMILES string of the molecule is Cc1ccc(C)c(CN(CCCN)C2CCCCC2)c1. The highest BCUT2D eigenvalue weighted by molar-refractivity contribution is 5.30. The largest absolute Gasteiger partial charge is 0.330 e. The molecule has 1 aliphatic rings. The highest BCUT2D eigenvalue weighted by atomic mass is 15.2. The molecule has 0 aliphatic heterocycles. The van der Waals surface area contributed by atoms with E-state index in [1.807, 2.05) is 0 Å². The van der Waals surface area contributed by atoms with E-state index < -0.39 is 0 Å². The van der Waals surface area contributed by atoms with E-state index in [0.717, 1.165) is 32.1 Å². The van der Waals surface area contributed by atoms with Gasteiger partial charge in [-0.15, -0.1) is 0 Å². The van der Waals surface area contributed by atoms with Crippen molar-refractivity contribution in [2.24, 2.45) is 5.73 Å². The van der Waals surface area contributed by atoms with Crippen LogP contribution in [0.4, 0.5) is 0 Å². The number of hydrogen-bond acceptors (Lipinski definition) is 2. The van der Waals surface area contributed by atoms with E-state index in [4.69, 9.17) is 5.73 Å². The molecule has 0 bridgehead atoms. The highest BCUT2D eigenvalue weighted by Gasteiger charge is 2.21. The lowest BCUT2D eigenvalue weighted by Gasteiger charge is -2.35. The quantitative estimate of drug-likeness (QED) is 0.855. The van der Waals surface area contributed by atoms with E-state index in [2.05, 4.69) is 36.9 Å². The predicted octanol–water partition coefficient (Wildman–Crippen LogP) is 3.79. The summed E-state index contributed by atoms with van der Waals surface area (Å²) in [5.41, 5.74) is 10.0. The lowest BCUT2D eigenvalue weighted by atomic mass is 9.93. The van der Waals surface area contributed by atoms with Gasteiger partial charge < -0.3 is 5.73 Å². The summed E-state index contributed by atoms with van der Waals surface area (Å²) in [7, 11) is 0. The zero-order chi connectivity index (χ0) is 14.4. The molecule has 0 aromatic heterocycles. The number of hydrogen-bond donors (Lipinski definition) is 1. The van der Waals surface area contributed by atoms with Crippen LogP contribution in [0.5, 0.6) is 0 Å². The van der Waals surface area contributed by atoms with Gasteiger partial charge >= 0.3 is 0 Å². The molecule has 2 rings (SSSR count). The molecule has 112 valence electrons. The molecule has 1 saturated carbocycles. The minimum atomic E-state index is 0.773. The van der Waals surface area contributed by atoms with Gasteiger partial charge in [-0.2, -0.15) is 0 Å². The minimum absolute atomic E-state index is 0.773. The van der Waals surface area contributed by atoms with Crippen molar-refractivity contribution in [3.05, 3.63) is 34.9 Å². The summed E-state index contributed by atoms with van der Waals surface area (Å²) in [6.45, 7) is 7.47. The number of aryl methyl sites for hydroxylation is 2. The van der Waals surface area contributed by atoms with E-state index in [1.54, 1.807) is 0 Å². The van der Waals surface area contributed by atoms with Crippen LogP contribution in [-0.2, 0) is 6.54 Å². The molecule has 1 aliphatic carbocycles. The third kappa shape index (κ3) is 4.32. The smallest absolute Gasteiger partial charge is 0.0239 e. The van der Waals surface area contributed by atoms with Gasteiger partial charge in [0.25, 0.3) is 0 Å². The van der Waals surface area contributed by atoms with Gasteiger partial charge in [0.1, 0.15) is 0 Å². The van der Waals surface area contributed by atoms with Gasteiger partial charge in [-0.3, -0.25) is 4.90 Å². The molecule has 0 saturated heterocycles. The Morgan fingerprint density at radius 3 is 2.60 bits per heavy atom. The third-order valence-electron chi connectivity index (χ3n) is 4.62. The molecule has 0 heterocycles. The van der Waals surface area contributed by atoms with Crippen LogP contribution in [0.1, 0.15) is 55.2 Å². The Balaban J connectivity index is 2.07. The van der Waals surface area contributed by atoms with Crippen LogP contribution in [0.2, 0.25) is 0 Å². The number of nitrogens with two attached hydrogens (primary N) is 1. The summed E-state index contributed by atoms with van der Waals surface area (Å²) >= 11 is 0. The van der Waals surface area contributed by atoms with Crippen molar-refractivity contribution in [1.82, 2.24) is 4.90 Å². The monoisotopic (exact) mass is 274 g/mol. The molecule has 2 heteroatoms. The maximum Gasteiger partial charge on any atom is 0.0239 e. The van der Waals surface area contributed by atoms with Gasteiger partial charge in [-0.1, -0.05) is 43.0 Å². The second-order valence-electron chi connectivity index (χ2n) is 6.33. The fourth-order valence-corrected chi connectivity index (χ4v) is 3.32. The summed E-state index contributed by atoms with van der Waals surface area (Å²) in [5.74, 6) is 0. The Labute approximate surface area is 124 Å². The molecule has 0 spiro atoms. The van der Waals surface area contributed by atoms with Crippen LogP contribution in [0.3, 0.4) is 0 Å². The zero-order valence-electron chi connectivity index (χ0n) is 13.2. The van der Waals surface area contributed by atoms with E-state index in [1.165, 1.54) is 48.8 Å². The molecule has 0 atom stereocenters. The van der Waals surface area contributed by atoms with E-state index >= 15 is 0 Å². The standard InChI is InChI=1S/C18H30N2/c1-15-9-10-16(2)17(13-15)14-20(12-6-11-19)18-7-4-3-5-8-18/h9-10,13,18H,3-8,11-12,14,19H2,1-2H3. The first-order valence-corrected chi connectivity index (χ1v) is 8.21. The molecule has 1 fully saturated rings. The predicted molar refractivity (Wildman–Crippen MR) is 86.9 cm³/mol.